The Morgan fingerprint density at radius 2 is 1.71 bits per heavy atom. The van der Waals surface area contributed by atoms with E-state index in [1.807, 2.05) is 13.0 Å². The summed E-state index contributed by atoms with van der Waals surface area (Å²) in [5.41, 5.74) is 1.28. The van der Waals surface area contributed by atoms with E-state index in [1.54, 1.807) is 36.4 Å². The van der Waals surface area contributed by atoms with Crippen molar-refractivity contribution in [3.8, 4) is 28.4 Å². The largest absolute Gasteiger partial charge is 0.492 e. The van der Waals surface area contributed by atoms with E-state index < -0.39 is 11.9 Å². The average Bonchev–Trinajstić information content (AvgIpc) is 3.19. The van der Waals surface area contributed by atoms with Crippen molar-refractivity contribution in [3.63, 3.8) is 0 Å². The number of para-hydroxylation sites is 1. The fourth-order valence-corrected chi connectivity index (χ4v) is 3.73. The number of hydrogen-bond donors (Lipinski definition) is 0. The fourth-order valence-electron chi connectivity index (χ4n) is 3.12. The zero-order valence-electron chi connectivity index (χ0n) is 17.5. The van der Waals surface area contributed by atoms with Gasteiger partial charge in [-0.2, -0.15) is 5.10 Å². The van der Waals surface area contributed by atoms with E-state index in [2.05, 4.69) is 21.0 Å². The van der Waals surface area contributed by atoms with Gasteiger partial charge in [-0.05, 0) is 47.1 Å². The maximum atomic E-state index is 12.8. The summed E-state index contributed by atoms with van der Waals surface area (Å²) in [7, 11) is 4.01. The first-order valence-electron chi connectivity index (χ1n) is 9.32. The third-order valence-corrected chi connectivity index (χ3v) is 5.03. The van der Waals surface area contributed by atoms with Crippen molar-refractivity contribution in [1.29, 1.82) is 0 Å². The number of carbonyl (C=O) groups excluding carboxylic acids is 2. The van der Waals surface area contributed by atoms with Gasteiger partial charge in [0, 0.05) is 5.56 Å². The van der Waals surface area contributed by atoms with Gasteiger partial charge < -0.3 is 18.9 Å². The summed E-state index contributed by atoms with van der Waals surface area (Å²) >= 11 is 3.47. The maximum absolute atomic E-state index is 12.8. The summed E-state index contributed by atoms with van der Waals surface area (Å²) in [6.45, 7) is 2.25. The first-order chi connectivity index (χ1) is 15.0. The van der Waals surface area contributed by atoms with Crippen LogP contribution in [0.4, 0.5) is 0 Å². The second kappa shape index (κ2) is 9.65. The number of hydrogen-bond acceptors (Lipinski definition) is 7. The van der Waals surface area contributed by atoms with Crippen LogP contribution in [0.15, 0.2) is 46.9 Å². The maximum Gasteiger partial charge on any atom is 0.357 e. The van der Waals surface area contributed by atoms with Crippen molar-refractivity contribution in [2.24, 2.45) is 0 Å². The Bertz CT molecular complexity index is 1110. The van der Waals surface area contributed by atoms with Crippen molar-refractivity contribution in [2.75, 3.05) is 27.9 Å². The van der Waals surface area contributed by atoms with E-state index in [4.69, 9.17) is 18.9 Å². The van der Waals surface area contributed by atoms with Crippen LogP contribution in [0.3, 0.4) is 0 Å². The number of benzene rings is 2. The number of esters is 2. The predicted molar refractivity (Wildman–Crippen MR) is 117 cm³/mol. The number of methoxy groups -OCH3 is 3. The first kappa shape index (κ1) is 22.4. The normalized spacial score (nSPS) is 10.5. The summed E-state index contributed by atoms with van der Waals surface area (Å²) in [5, 5.41) is 4.58. The number of halogens is 1. The third kappa shape index (κ3) is 4.27. The Kier molecular flexibility index (Phi) is 6.96. The molecule has 3 aromatic rings. The van der Waals surface area contributed by atoms with Gasteiger partial charge in [-0.25, -0.2) is 14.3 Å². The number of aromatic nitrogens is 2. The minimum Gasteiger partial charge on any atom is -0.492 e. The molecular formula is C22H21BrN2O6. The quantitative estimate of drug-likeness (QED) is 0.458. The van der Waals surface area contributed by atoms with Gasteiger partial charge in [-0.1, -0.05) is 18.2 Å². The van der Waals surface area contributed by atoms with Gasteiger partial charge in [0.05, 0.1) is 38.1 Å². The molecule has 0 aliphatic rings. The Hall–Kier alpha value is -3.33. The molecule has 0 amide bonds. The van der Waals surface area contributed by atoms with E-state index in [1.165, 1.54) is 26.0 Å². The number of nitrogens with zero attached hydrogens (tertiary/aromatic N) is 2. The molecule has 1 heterocycles. The van der Waals surface area contributed by atoms with Crippen molar-refractivity contribution in [1.82, 2.24) is 9.78 Å². The summed E-state index contributed by atoms with van der Waals surface area (Å²) in [6, 6.07) is 12.4. The highest BCUT2D eigenvalue weighted by molar-refractivity contribution is 9.10. The number of rotatable bonds is 7. The molecule has 8 nitrogen and oxygen atoms in total. The van der Waals surface area contributed by atoms with E-state index in [9.17, 15) is 9.59 Å². The van der Waals surface area contributed by atoms with E-state index in [0.717, 1.165) is 0 Å². The molecule has 162 valence electrons. The van der Waals surface area contributed by atoms with E-state index in [-0.39, 0.29) is 17.0 Å². The molecule has 0 saturated heterocycles. The van der Waals surface area contributed by atoms with Gasteiger partial charge >= 0.3 is 11.9 Å². The molecule has 0 aliphatic heterocycles. The molecule has 9 heteroatoms. The molecule has 0 radical (unpaired) electrons. The third-order valence-electron chi connectivity index (χ3n) is 4.44. The molecule has 3 rings (SSSR count). The van der Waals surface area contributed by atoms with Crippen LogP contribution >= 0.6 is 15.9 Å². The molecule has 31 heavy (non-hydrogen) atoms. The number of ether oxygens (including phenoxy) is 4. The summed E-state index contributed by atoms with van der Waals surface area (Å²) < 4.78 is 23.0. The molecule has 0 saturated carbocycles. The minimum atomic E-state index is -0.722. The molecule has 1 aromatic heterocycles. The predicted octanol–water partition coefficient (Wildman–Crippen LogP) is 4.28. The summed E-state index contributed by atoms with van der Waals surface area (Å²) in [4.78, 5) is 25.4. The summed E-state index contributed by atoms with van der Waals surface area (Å²) in [6.07, 6.45) is 0. The lowest BCUT2D eigenvalue weighted by atomic mass is 10.0. The Balaban J connectivity index is 2.36. The van der Waals surface area contributed by atoms with Crippen LogP contribution in [0.1, 0.15) is 27.8 Å². The van der Waals surface area contributed by atoms with Crippen LogP contribution in [0.2, 0.25) is 0 Å². The fraction of sp³-hybridized carbons (Fsp3) is 0.227. The van der Waals surface area contributed by atoms with Gasteiger partial charge in [-0.15, -0.1) is 0 Å². The smallest absolute Gasteiger partial charge is 0.357 e. The Morgan fingerprint density at radius 1 is 1.03 bits per heavy atom. The van der Waals surface area contributed by atoms with Gasteiger partial charge in [0.1, 0.15) is 11.3 Å². The van der Waals surface area contributed by atoms with Crippen LogP contribution in [-0.2, 0) is 9.47 Å². The molecule has 0 unspecified atom stereocenters. The van der Waals surface area contributed by atoms with Gasteiger partial charge in [0.15, 0.2) is 17.2 Å². The van der Waals surface area contributed by atoms with Crippen LogP contribution in [0.5, 0.6) is 11.5 Å². The highest BCUT2D eigenvalue weighted by Crippen LogP contribution is 2.41. The van der Waals surface area contributed by atoms with Crippen molar-refractivity contribution >= 4 is 27.9 Å². The molecule has 0 bridgehead atoms. The molecule has 0 spiro atoms. The zero-order chi connectivity index (χ0) is 22.5. The van der Waals surface area contributed by atoms with Crippen LogP contribution in [0, 0.1) is 0 Å². The van der Waals surface area contributed by atoms with Crippen LogP contribution in [0.25, 0.3) is 16.9 Å². The Labute approximate surface area is 187 Å². The second-order valence-corrected chi connectivity index (χ2v) is 7.08. The zero-order valence-corrected chi connectivity index (χ0v) is 19.1. The van der Waals surface area contributed by atoms with Crippen LogP contribution in [-0.4, -0.2) is 49.7 Å². The van der Waals surface area contributed by atoms with Crippen molar-refractivity contribution in [3.05, 3.63) is 58.2 Å². The highest BCUT2D eigenvalue weighted by Gasteiger charge is 2.32. The molecule has 0 aliphatic carbocycles. The van der Waals surface area contributed by atoms with Crippen molar-refractivity contribution in [2.45, 2.75) is 6.92 Å². The Morgan fingerprint density at radius 3 is 2.29 bits per heavy atom. The monoisotopic (exact) mass is 488 g/mol. The molecule has 0 fully saturated rings. The highest BCUT2D eigenvalue weighted by atomic mass is 79.9. The van der Waals surface area contributed by atoms with Gasteiger partial charge in [-0.3, -0.25) is 0 Å². The second-order valence-electron chi connectivity index (χ2n) is 6.23. The van der Waals surface area contributed by atoms with Gasteiger partial charge in [0.25, 0.3) is 0 Å². The van der Waals surface area contributed by atoms with Gasteiger partial charge in [0.2, 0.25) is 0 Å². The van der Waals surface area contributed by atoms with Crippen LogP contribution < -0.4 is 9.47 Å². The standard InChI is InChI=1S/C22H21BrN2O6/c1-5-31-16-12-13(11-15(23)20(16)28-2)18-17(21(26)29-3)19(22(27)30-4)25(24-18)14-9-7-6-8-10-14/h6-12H,5H2,1-4H3. The average molecular weight is 489 g/mol. The van der Waals surface area contributed by atoms with Crippen molar-refractivity contribution < 1.29 is 28.5 Å². The van der Waals surface area contributed by atoms with E-state index in [0.29, 0.717) is 33.8 Å². The topological polar surface area (TPSA) is 88.9 Å². The number of carbonyl (C=O) groups is 2. The lowest BCUT2D eigenvalue weighted by Crippen LogP contribution is -2.15. The van der Waals surface area contributed by atoms with E-state index >= 15 is 0 Å². The lowest BCUT2D eigenvalue weighted by Gasteiger charge is -2.13. The summed E-state index contributed by atoms with van der Waals surface area (Å²) in [5.74, 6) is -0.483. The minimum absolute atomic E-state index is 0.0160. The molecular weight excluding hydrogens is 468 g/mol. The molecule has 0 N–H and O–H groups in total. The molecule has 0 atom stereocenters. The SMILES string of the molecule is CCOc1cc(-c2nn(-c3ccccc3)c(C(=O)OC)c2C(=O)OC)cc(Br)c1OC. The first-order valence-corrected chi connectivity index (χ1v) is 10.1. The lowest BCUT2D eigenvalue weighted by molar-refractivity contribution is 0.0549. The molecule has 2 aromatic carbocycles.